The van der Waals surface area contributed by atoms with Gasteiger partial charge < -0.3 is 10.1 Å². The van der Waals surface area contributed by atoms with Gasteiger partial charge in [-0.25, -0.2) is 9.97 Å². The Kier molecular flexibility index (Phi) is 7.35. The van der Waals surface area contributed by atoms with E-state index in [0.717, 1.165) is 79.3 Å². The highest BCUT2D eigenvalue weighted by atomic mass is 16.5. The van der Waals surface area contributed by atoms with Gasteiger partial charge in [0.15, 0.2) is 0 Å². The third-order valence-electron chi connectivity index (χ3n) is 6.29. The second-order valence-corrected chi connectivity index (χ2v) is 8.44. The molecule has 2 heterocycles. The lowest BCUT2D eigenvalue weighted by atomic mass is 9.89. The van der Waals surface area contributed by atoms with E-state index in [1.165, 1.54) is 29.5 Å². The number of nitrogens with one attached hydrogen (secondary N) is 1. The van der Waals surface area contributed by atoms with Crippen LogP contribution in [0.2, 0.25) is 0 Å². The third-order valence-corrected chi connectivity index (χ3v) is 6.29. The molecule has 0 unspecified atom stereocenters. The number of hydrogen-bond donors (Lipinski definition) is 1. The standard InChI is InChI=1S/C27H34N4O/c1-4-23-26(22-16-20-12-6-7-13-21(20)17-25(22)32-3)30-24(5-2)27(31-23)29-15-9-11-19-10-8-14-28-18-19/h8,10,14,16-18H,4-7,9,11-13,15H2,1-3H3,(H,29,31). The second-order valence-electron chi connectivity index (χ2n) is 8.44. The molecular weight excluding hydrogens is 396 g/mol. The molecule has 5 heteroatoms. The van der Waals surface area contributed by atoms with Crippen LogP contribution in [-0.4, -0.2) is 28.6 Å². The molecule has 1 aliphatic carbocycles. The lowest BCUT2D eigenvalue weighted by Gasteiger charge is -2.21. The lowest BCUT2D eigenvalue weighted by molar-refractivity contribution is 0.415. The molecule has 32 heavy (non-hydrogen) atoms. The summed E-state index contributed by atoms with van der Waals surface area (Å²) in [5.41, 5.74) is 8.20. The quantitative estimate of drug-likeness (QED) is 0.448. The van der Waals surface area contributed by atoms with E-state index in [4.69, 9.17) is 14.7 Å². The van der Waals surface area contributed by atoms with Crippen LogP contribution >= 0.6 is 0 Å². The highest BCUT2D eigenvalue weighted by molar-refractivity contribution is 5.72. The van der Waals surface area contributed by atoms with E-state index >= 15 is 0 Å². The Hall–Kier alpha value is -2.95. The number of nitrogens with zero attached hydrogens (tertiary/aromatic N) is 3. The van der Waals surface area contributed by atoms with Crippen LogP contribution in [0.15, 0.2) is 36.7 Å². The molecule has 1 N–H and O–H groups in total. The van der Waals surface area contributed by atoms with E-state index in [9.17, 15) is 0 Å². The van der Waals surface area contributed by atoms with Crippen molar-refractivity contribution in [3.63, 3.8) is 0 Å². The van der Waals surface area contributed by atoms with Gasteiger partial charge in [0.1, 0.15) is 11.6 Å². The molecule has 0 atom stereocenters. The fraction of sp³-hybridized carbons (Fsp3) is 0.444. The number of ether oxygens (including phenoxy) is 1. The van der Waals surface area contributed by atoms with Gasteiger partial charge in [-0.05, 0) is 86.3 Å². The Balaban J connectivity index is 1.59. The monoisotopic (exact) mass is 430 g/mol. The lowest BCUT2D eigenvalue weighted by Crippen LogP contribution is -2.12. The average Bonchev–Trinajstić information content (AvgIpc) is 2.86. The van der Waals surface area contributed by atoms with Gasteiger partial charge in [-0.3, -0.25) is 4.98 Å². The maximum absolute atomic E-state index is 5.80. The molecule has 0 radical (unpaired) electrons. The number of benzene rings is 1. The molecule has 0 spiro atoms. The molecule has 1 aromatic carbocycles. The summed E-state index contributed by atoms with van der Waals surface area (Å²) < 4.78 is 5.80. The number of aryl methyl sites for hydroxylation is 5. The molecule has 0 amide bonds. The zero-order valence-corrected chi connectivity index (χ0v) is 19.6. The summed E-state index contributed by atoms with van der Waals surface area (Å²) in [7, 11) is 1.76. The van der Waals surface area contributed by atoms with E-state index in [0.29, 0.717) is 0 Å². The van der Waals surface area contributed by atoms with Crippen molar-refractivity contribution < 1.29 is 4.74 Å². The predicted molar refractivity (Wildman–Crippen MR) is 130 cm³/mol. The Morgan fingerprint density at radius 1 is 1.00 bits per heavy atom. The maximum Gasteiger partial charge on any atom is 0.148 e. The van der Waals surface area contributed by atoms with Crippen molar-refractivity contribution in [2.45, 2.75) is 65.2 Å². The molecule has 0 saturated carbocycles. The fourth-order valence-corrected chi connectivity index (χ4v) is 4.52. The summed E-state index contributed by atoms with van der Waals surface area (Å²) in [6.45, 7) is 5.15. The average molecular weight is 431 g/mol. The number of methoxy groups -OCH3 is 1. The molecule has 0 bridgehead atoms. The Bertz CT molecular complexity index is 1050. The van der Waals surface area contributed by atoms with Crippen LogP contribution in [0.5, 0.6) is 5.75 Å². The van der Waals surface area contributed by atoms with Crippen molar-refractivity contribution in [2.75, 3.05) is 19.0 Å². The molecule has 0 fully saturated rings. The molecule has 0 saturated heterocycles. The molecule has 4 rings (SSSR count). The predicted octanol–water partition coefficient (Wildman–Crippen LogP) is 5.60. The first kappa shape index (κ1) is 22.3. The van der Waals surface area contributed by atoms with Crippen molar-refractivity contribution in [3.05, 3.63) is 64.7 Å². The van der Waals surface area contributed by atoms with E-state index < -0.39 is 0 Å². The van der Waals surface area contributed by atoms with Crippen molar-refractivity contribution in [1.82, 2.24) is 15.0 Å². The molecule has 5 nitrogen and oxygen atoms in total. The molecule has 2 aromatic heterocycles. The summed E-state index contributed by atoms with van der Waals surface area (Å²) in [5.74, 6) is 1.82. The molecule has 0 aliphatic heterocycles. The van der Waals surface area contributed by atoms with Gasteiger partial charge in [-0.2, -0.15) is 0 Å². The van der Waals surface area contributed by atoms with Crippen LogP contribution < -0.4 is 10.1 Å². The number of pyridine rings is 1. The van der Waals surface area contributed by atoms with Crippen molar-refractivity contribution in [1.29, 1.82) is 0 Å². The SMILES string of the molecule is CCc1nc(-c2cc3c(cc2OC)CCCC3)c(CC)nc1NCCCc1cccnc1. The number of fused-ring (bicyclic) bond motifs is 1. The van der Waals surface area contributed by atoms with Gasteiger partial charge in [0.25, 0.3) is 0 Å². The fourth-order valence-electron chi connectivity index (χ4n) is 4.52. The van der Waals surface area contributed by atoms with Crippen LogP contribution in [0.4, 0.5) is 5.82 Å². The molecule has 1 aliphatic rings. The van der Waals surface area contributed by atoms with Crippen molar-refractivity contribution in [3.8, 4) is 17.0 Å². The van der Waals surface area contributed by atoms with Crippen LogP contribution in [0.1, 0.15) is 61.2 Å². The normalized spacial score (nSPS) is 13.0. The van der Waals surface area contributed by atoms with E-state index in [1.54, 1.807) is 7.11 Å². The minimum Gasteiger partial charge on any atom is -0.496 e. The summed E-state index contributed by atoms with van der Waals surface area (Å²) in [6, 6.07) is 8.64. The minimum atomic E-state index is 0.830. The minimum absolute atomic E-state index is 0.830. The molecular formula is C27H34N4O. The van der Waals surface area contributed by atoms with E-state index in [2.05, 4.69) is 42.3 Å². The second kappa shape index (κ2) is 10.6. The summed E-state index contributed by atoms with van der Waals surface area (Å²) in [6.07, 6.45) is 12.2. The van der Waals surface area contributed by atoms with Gasteiger partial charge in [-0.15, -0.1) is 0 Å². The highest BCUT2D eigenvalue weighted by Crippen LogP contribution is 2.37. The number of anilines is 1. The summed E-state index contributed by atoms with van der Waals surface area (Å²) in [4.78, 5) is 14.3. The van der Waals surface area contributed by atoms with Crippen molar-refractivity contribution >= 4 is 5.82 Å². The topological polar surface area (TPSA) is 59.9 Å². The van der Waals surface area contributed by atoms with Crippen LogP contribution in [0, 0.1) is 0 Å². The van der Waals surface area contributed by atoms with Gasteiger partial charge in [-0.1, -0.05) is 19.9 Å². The first-order chi connectivity index (χ1) is 15.7. The van der Waals surface area contributed by atoms with Crippen LogP contribution in [-0.2, 0) is 32.1 Å². The summed E-state index contributed by atoms with van der Waals surface area (Å²) >= 11 is 0. The highest BCUT2D eigenvalue weighted by Gasteiger charge is 2.20. The first-order valence-electron chi connectivity index (χ1n) is 12.0. The maximum atomic E-state index is 5.80. The third kappa shape index (κ3) is 4.93. The number of rotatable bonds is 9. The molecule has 168 valence electrons. The number of hydrogen-bond acceptors (Lipinski definition) is 5. The van der Waals surface area contributed by atoms with Crippen LogP contribution in [0.3, 0.4) is 0 Å². The largest absolute Gasteiger partial charge is 0.496 e. The van der Waals surface area contributed by atoms with E-state index in [1.807, 2.05) is 18.5 Å². The number of aromatic nitrogens is 3. The first-order valence-corrected chi connectivity index (χ1v) is 12.0. The zero-order valence-electron chi connectivity index (χ0n) is 19.6. The van der Waals surface area contributed by atoms with Gasteiger partial charge >= 0.3 is 0 Å². The Labute approximate surface area is 191 Å². The van der Waals surface area contributed by atoms with Gasteiger partial charge in [0.2, 0.25) is 0 Å². The Morgan fingerprint density at radius 3 is 2.47 bits per heavy atom. The Morgan fingerprint density at radius 2 is 1.78 bits per heavy atom. The van der Waals surface area contributed by atoms with Crippen LogP contribution in [0.25, 0.3) is 11.3 Å². The molecule has 3 aromatic rings. The summed E-state index contributed by atoms with van der Waals surface area (Å²) in [5, 5.41) is 3.54. The smallest absolute Gasteiger partial charge is 0.148 e. The zero-order chi connectivity index (χ0) is 22.3. The van der Waals surface area contributed by atoms with Gasteiger partial charge in [0, 0.05) is 24.5 Å². The van der Waals surface area contributed by atoms with Gasteiger partial charge in [0.05, 0.1) is 24.2 Å². The van der Waals surface area contributed by atoms with E-state index in [-0.39, 0.29) is 0 Å². The van der Waals surface area contributed by atoms with Crippen molar-refractivity contribution in [2.24, 2.45) is 0 Å².